The SMILES string of the molecule is CC(C)C(C)N(C)CCC(=O)Nc1cc(Cl)ccc1N. The number of rotatable bonds is 6. The molecule has 1 unspecified atom stereocenters. The minimum absolute atomic E-state index is 0.0539. The molecule has 0 bridgehead atoms. The van der Waals surface area contributed by atoms with Crippen LogP contribution in [0.4, 0.5) is 11.4 Å². The fraction of sp³-hybridized carbons (Fsp3) is 0.533. The van der Waals surface area contributed by atoms with Gasteiger partial charge in [0.25, 0.3) is 0 Å². The Morgan fingerprint density at radius 2 is 2.05 bits per heavy atom. The lowest BCUT2D eigenvalue weighted by atomic mass is 10.1. The molecule has 0 aromatic heterocycles. The van der Waals surface area contributed by atoms with E-state index < -0.39 is 0 Å². The molecule has 4 nitrogen and oxygen atoms in total. The standard InChI is InChI=1S/C15H24ClN3O/c1-10(2)11(3)19(4)8-7-15(20)18-14-9-12(16)5-6-13(14)17/h5-6,9-11H,7-8,17H2,1-4H3,(H,18,20). The van der Waals surface area contributed by atoms with E-state index in [1.54, 1.807) is 18.2 Å². The van der Waals surface area contributed by atoms with Crippen LogP contribution in [0.2, 0.25) is 5.02 Å². The topological polar surface area (TPSA) is 58.4 Å². The van der Waals surface area contributed by atoms with E-state index in [0.717, 1.165) is 0 Å². The zero-order chi connectivity index (χ0) is 15.3. The molecule has 1 amide bonds. The number of anilines is 2. The van der Waals surface area contributed by atoms with E-state index in [0.29, 0.717) is 41.3 Å². The Hall–Kier alpha value is -1.26. The summed E-state index contributed by atoms with van der Waals surface area (Å²) in [6.45, 7) is 7.23. The Balaban J connectivity index is 2.50. The van der Waals surface area contributed by atoms with Gasteiger partial charge in [0, 0.05) is 24.0 Å². The highest BCUT2D eigenvalue weighted by molar-refractivity contribution is 6.31. The van der Waals surface area contributed by atoms with Gasteiger partial charge < -0.3 is 16.0 Å². The third kappa shape index (κ3) is 5.02. The number of carbonyl (C=O) groups is 1. The van der Waals surface area contributed by atoms with Crippen LogP contribution in [-0.2, 0) is 4.79 Å². The highest BCUT2D eigenvalue weighted by atomic mass is 35.5. The number of halogens is 1. The fourth-order valence-electron chi connectivity index (χ4n) is 1.84. The van der Waals surface area contributed by atoms with E-state index in [-0.39, 0.29) is 5.91 Å². The van der Waals surface area contributed by atoms with Gasteiger partial charge in [-0.3, -0.25) is 4.79 Å². The lowest BCUT2D eigenvalue weighted by molar-refractivity contribution is -0.116. The van der Waals surface area contributed by atoms with Crippen LogP contribution in [0.15, 0.2) is 18.2 Å². The van der Waals surface area contributed by atoms with Crippen molar-refractivity contribution in [3.05, 3.63) is 23.2 Å². The van der Waals surface area contributed by atoms with Crippen LogP contribution in [0.25, 0.3) is 0 Å². The van der Waals surface area contributed by atoms with Gasteiger partial charge >= 0.3 is 0 Å². The third-order valence-electron chi connectivity index (χ3n) is 3.64. The zero-order valence-electron chi connectivity index (χ0n) is 12.6. The molecular formula is C15H24ClN3O. The molecule has 0 heterocycles. The number of nitrogens with one attached hydrogen (secondary N) is 1. The first-order valence-corrected chi connectivity index (χ1v) is 7.24. The Morgan fingerprint density at radius 3 is 2.65 bits per heavy atom. The molecule has 0 aliphatic heterocycles. The van der Waals surface area contributed by atoms with Gasteiger partial charge in [-0.15, -0.1) is 0 Å². The fourth-order valence-corrected chi connectivity index (χ4v) is 2.01. The summed E-state index contributed by atoms with van der Waals surface area (Å²) in [5.74, 6) is 0.508. The summed E-state index contributed by atoms with van der Waals surface area (Å²) >= 11 is 5.89. The average Bonchev–Trinajstić information content (AvgIpc) is 2.39. The first-order chi connectivity index (χ1) is 9.31. The maximum Gasteiger partial charge on any atom is 0.225 e. The number of nitrogens with zero attached hydrogens (tertiary/aromatic N) is 1. The summed E-state index contributed by atoms with van der Waals surface area (Å²) in [6, 6.07) is 5.49. The highest BCUT2D eigenvalue weighted by Crippen LogP contribution is 2.23. The second kappa shape index (κ2) is 7.50. The molecule has 0 fully saturated rings. The largest absolute Gasteiger partial charge is 0.397 e. The zero-order valence-corrected chi connectivity index (χ0v) is 13.4. The van der Waals surface area contributed by atoms with Gasteiger partial charge in [0.1, 0.15) is 0 Å². The van der Waals surface area contributed by atoms with Crippen molar-refractivity contribution >= 4 is 28.9 Å². The summed E-state index contributed by atoms with van der Waals surface area (Å²) in [5.41, 5.74) is 6.89. The van der Waals surface area contributed by atoms with Crippen molar-refractivity contribution in [3.63, 3.8) is 0 Å². The maximum atomic E-state index is 11.9. The molecule has 3 N–H and O–H groups in total. The lowest BCUT2D eigenvalue weighted by Crippen LogP contribution is -2.35. The first kappa shape index (κ1) is 16.8. The molecule has 0 radical (unpaired) electrons. The van der Waals surface area contributed by atoms with E-state index in [9.17, 15) is 4.79 Å². The minimum atomic E-state index is -0.0539. The molecule has 1 rings (SSSR count). The molecule has 0 aliphatic rings. The molecule has 112 valence electrons. The van der Waals surface area contributed by atoms with Crippen molar-refractivity contribution < 1.29 is 4.79 Å². The van der Waals surface area contributed by atoms with Gasteiger partial charge in [-0.05, 0) is 38.1 Å². The maximum absolute atomic E-state index is 11.9. The van der Waals surface area contributed by atoms with Crippen molar-refractivity contribution in [1.82, 2.24) is 4.90 Å². The molecule has 1 atom stereocenters. The molecular weight excluding hydrogens is 274 g/mol. The number of amides is 1. The summed E-state index contributed by atoms with van der Waals surface area (Å²) in [7, 11) is 2.03. The van der Waals surface area contributed by atoms with Crippen LogP contribution >= 0.6 is 11.6 Å². The molecule has 1 aromatic carbocycles. The summed E-state index contributed by atoms with van der Waals surface area (Å²) in [4.78, 5) is 14.1. The average molecular weight is 298 g/mol. The predicted molar refractivity (Wildman–Crippen MR) is 86.0 cm³/mol. The first-order valence-electron chi connectivity index (χ1n) is 6.86. The summed E-state index contributed by atoms with van der Waals surface area (Å²) in [6.07, 6.45) is 0.430. The van der Waals surface area contributed by atoms with Gasteiger partial charge in [0.05, 0.1) is 11.4 Å². The molecule has 1 aromatic rings. The van der Waals surface area contributed by atoms with E-state index in [2.05, 4.69) is 31.0 Å². The Labute approximate surface area is 126 Å². The van der Waals surface area contributed by atoms with Crippen molar-refractivity contribution in [2.24, 2.45) is 5.92 Å². The molecule has 5 heteroatoms. The van der Waals surface area contributed by atoms with Gasteiger partial charge in [-0.1, -0.05) is 25.4 Å². The van der Waals surface area contributed by atoms with Crippen molar-refractivity contribution in [3.8, 4) is 0 Å². The molecule has 20 heavy (non-hydrogen) atoms. The van der Waals surface area contributed by atoms with Gasteiger partial charge in [0.2, 0.25) is 5.91 Å². The summed E-state index contributed by atoms with van der Waals surface area (Å²) < 4.78 is 0. The molecule has 0 saturated carbocycles. The Bertz CT molecular complexity index is 462. The number of nitrogens with two attached hydrogens (primary N) is 1. The van der Waals surface area contributed by atoms with Crippen molar-refractivity contribution in [2.45, 2.75) is 33.2 Å². The smallest absolute Gasteiger partial charge is 0.225 e. The Kier molecular flexibility index (Phi) is 6.30. The minimum Gasteiger partial charge on any atom is -0.397 e. The second-order valence-electron chi connectivity index (χ2n) is 5.49. The monoisotopic (exact) mass is 297 g/mol. The second-order valence-corrected chi connectivity index (χ2v) is 5.93. The number of nitrogen functional groups attached to an aromatic ring is 1. The van der Waals surface area contributed by atoms with Crippen LogP contribution < -0.4 is 11.1 Å². The van der Waals surface area contributed by atoms with Gasteiger partial charge in [0.15, 0.2) is 0 Å². The van der Waals surface area contributed by atoms with Crippen LogP contribution in [0.3, 0.4) is 0 Å². The highest BCUT2D eigenvalue weighted by Gasteiger charge is 2.14. The number of hydrogen-bond donors (Lipinski definition) is 2. The number of hydrogen-bond acceptors (Lipinski definition) is 3. The van der Waals surface area contributed by atoms with Crippen molar-refractivity contribution in [1.29, 1.82) is 0 Å². The molecule has 0 aliphatic carbocycles. The number of carbonyl (C=O) groups excluding carboxylic acids is 1. The predicted octanol–water partition coefficient (Wildman–Crippen LogP) is 3.23. The van der Waals surface area contributed by atoms with Crippen LogP contribution in [0.5, 0.6) is 0 Å². The quantitative estimate of drug-likeness (QED) is 0.793. The van der Waals surface area contributed by atoms with E-state index in [1.165, 1.54) is 0 Å². The molecule has 0 saturated heterocycles. The van der Waals surface area contributed by atoms with Gasteiger partial charge in [-0.25, -0.2) is 0 Å². The lowest BCUT2D eigenvalue weighted by Gasteiger charge is -2.27. The van der Waals surface area contributed by atoms with E-state index >= 15 is 0 Å². The van der Waals surface area contributed by atoms with Crippen LogP contribution in [0, 0.1) is 5.92 Å². The molecule has 0 spiro atoms. The van der Waals surface area contributed by atoms with E-state index in [1.807, 2.05) is 7.05 Å². The van der Waals surface area contributed by atoms with Crippen LogP contribution in [-0.4, -0.2) is 30.4 Å². The van der Waals surface area contributed by atoms with E-state index in [4.69, 9.17) is 17.3 Å². The van der Waals surface area contributed by atoms with Crippen molar-refractivity contribution in [2.75, 3.05) is 24.6 Å². The third-order valence-corrected chi connectivity index (χ3v) is 3.88. The van der Waals surface area contributed by atoms with Gasteiger partial charge in [-0.2, -0.15) is 0 Å². The normalized spacial score (nSPS) is 12.8. The Morgan fingerprint density at radius 1 is 1.40 bits per heavy atom. The number of benzene rings is 1. The van der Waals surface area contributed by atoms with Crippen LogP contribution in [0.1, 0.15) is 27.2 Å². The summed E-state index contributed by atoms with van der Waals surface area (Å²) in [5, 5.41) is 3.36.